The first kappa shape index (κ1) is 12.5. The molecule has 0 amide bonds. The summed E-state index contributed by atoms with van der Waals surface area (Å²) in [6.45, 7) is 1.02. The van der Waals surface area contributed by atoms with Crippen molar-refractivity contribution in [1.82, 2.24) is 4.98 Å². The van der Waals surface area contributed by atoms with E-state index in [1.54, 1.807) is 0 Å². The summed E-state index contributed by atoms with van der Waals surface area (Å²) in [6.07, 6.45) is 12.1. The summed E-state index contributed by atoms with van der Waals surface area (Å²) < 4.78 is 0. The Bertz CT molecular complexity index is 461. The highest BCUT2D eigenvalue weighted by Crippen LogP contribution is 2.61. The first-order valence-electron chi connectivity index (χ1n) is 8.17. The molecule has 3 heteroatoms. The second-order valence-corrected chi connectivity index (χ2v) is 7.54. The number of anilines is 2. The molecule has 0 radical (unpaired) electrons. The third-order valence-electron chi connectivity index (χ3n) is 5.95. The zero-order valence-electron chi connectivity index (χ0n) is 12.1. The summed E-state index contributed by atoms with van der Waals surface area (Å²) in [5, 5.41) is 3.45. The molecule has 1 aromatic heterocycles. The Morgan fingerprint density at radius 2 is 1.80 bits per heavy atom. The van der Waals surface area contributed by atoms with Gasteiger partial charge < -0.3 is 11.1 Å². The van der Waals surface area contributed by atoms with E-state index in [4.69, 9.17) is 5.73 Å². The third kappa shape index (κ3) is 2.17. The standard InChI is InChI=1S/C17H25N3/c18-15-2-1-4-19-16(15)20-5-3-17-9-12-6-13(10-17)8-14(7-12)11-17/h1-2,4,12-14H,3,5-11,18H2,(H,19,20). The summed E-state index contributed by atoms with van der Waals surface area (Å²) in [7, 11) is 0. The maximum Gasteiger partial charge on any atom is 0.149 e. The highest BCUT2D eigenvalue weighted by Gasteiger charge is 2.50. The van der Waals surface area contributed by atoms with Crippen LogP contribution in [0.5, 0.6) is 0 Å². The van der Waals surface area contributed by atoms with Crippen LogP contribution in [-0.2, 0) is 0 Å². The van der Waals surface area contributed by atoms with Crippen LogP contribution in [0.2, 0.25) is 0 Å². The minimum atomic E-state index is 0.644. The van der Waals surface area contributed by atoms with Gasteiger partial charge in [0.25, 0.3) is 0 Å². The van der Waals surface area contributed by atoms with Crippen LogP contribution in [0, 0.1) is 23.2 Å². The third-order valence-corrected chi connectivity index (χ3v) is 5.95. The molecule has 3 N–H and O–H groups in total. The average molecular weight is 271 g/mol. The van der Waals surface area contributed by atoms with Crippen molar-refractivity contribution in [2.75, 3.05) is 17.6 Å². The van der Waals surface area contributed by atoms with E-state index in [2.05, 4.69) is 10.3 Å². The Balaban J connectivity index is 1.39. The number of pyridine rings is 1. The van der Waals surface area contributed by atoms with Gasteiger partial charge in [-0.2, -0.15) is 0 Å². The number of nitrogens with two attached hydrogens (primary N) is 1. The molecule has 4 aliphatic rings. The monoisotopic (exact) mass is 271 g/mol. The van der Waals surface area contributed by atoms with Gasteiger partial charge in [-0.3, -0.25) is 0 Å². The smallest absolute Gasteiger partial charge is 0.149 e. The molecular weight excluding hydrogens is 246 g/mol. The summed E-state index contributed by atoms with van der Waals surface area (Å²) in [6, 6.07) is 3.81. The molecule has 0 spiro atoms. The van der Waals surface area contributed by atoms with Crippen molar-refractivity contribution in [3.8, 4) is 0 Å². The lowest BCUT2D eigenvalue weighted by Gasteiger charge is -2.57. The van der Waals surface area contributed by atoms with E-state index in [1.165, 1.54) is 44.9 Å². The van der Waals surface area contributed by atoms with E-state index in [9.17, 15) is 0 Å². The second-order valence-electron chi connectivity index (χ2n) is 7.54. The molecular formula is C17H25N3. The van der Waals surface area contributed by atoms with Crippen molar-refractivity contribution in [1.29, 1.82) is 0 Å². The molecule has 0 saturated heterocycles. The maximum absolute atomic E-state index is 5.94. The van der Waals surface area contributed by atoms with E-state index in [1.807, 2.05) is 18.3 Å². The molecule has 5 rings (SSSR count). The summed E-state index contributed by atoms with van der Waals surface area (Å²) in [5.41, 5.74) is 7.35. The fourth-order valence-electron chi connectivity index (χ4n) is 5.61. The molecule has 4 aliphatic carbocycles. The van der Waals surface area contributed by atoms with E-state index in [-0.39, 0.29) is 0 Å². The van der Waals surface area contributed by atoms with Crippen LogP contribution in [0.1, 0.15) is 44.9 Å². The van der Waals surface area contributed by atoms with Crippen LogP contribution in [-0.4, -0.2) is 11.5 Å². The number of nitrogen functional groups attached to an aromatic ring is 1. The number of hydrogen-bond acceptors (Lipinski definition) is 3. The van der Waals surface area contributed by atoms with E-state index in [0.717, 1.165) is 35.8 Å². The molecule has 0 atom stereocenters. The molecule has 0 aromatic carbocycles. The highest BCUT2D eigenvalue weighted by atomic mass is 15.0. The normalized spacial score (nSPS) is 38.1. The average Bonchev–Trinajstić information content (AvgIpc) is 2.39. The summed E-state index contributed by atoms with van der Waals surface area (Å²) in [4.78, 5) is 4.33. The van der Waals surface area contributed by atoms with E-state index in [0.29, 0.717) is 5.41 Å². The number of hydrogen-bond donors (Lipinski definition) is 2. The fourth-order valence-corrected chi connectivity index (χ4v) is 5.61. The van der Waals surface area contributed by atoms with E-state index >= 15 is 0 Å². The molecule has 4 bridgehead atoms. The summed E-state index contributed by atoms with van der Waals surface area (Å²) >= 11 is 0. The minimum Gasteiger partial charge on any atom is -0.396 e. The minimum absolute atomic E-state index is 0.644. The van der Waals surface area contributed by atoms with Crippen molar-refractivity contribution in [2.45, 2.75) is 44.9 Å². The van der Waals surface area contributed by atoms with Gasteiger partial charge >= 0.3 is 0 Å². The number of rotatable bonds is 4. The molecule has 1 heterocycles. The molecule has 4 fully saturated rings. The Hall–Kier alpha value is -1.25. The lowest BCUT2D eigenvalue weighted by atomic mass is 9.49. The van der Waals surface area contributed by atoms with Gasteiger partial charge in [0.2, 0.25) is 0 Å². The van der Waals surface area contributed by atoms with Crippen LogP contribution >= 0.6 is 0 Å². The molecule has 1 aromatic rings. The van der Waals surface area contributed by atoms with Gasteiger partial charge in [0.1, 0.15) is 5.82 Å². The SMILES string of the molecule is Nc1cccnc1NCCC12CC3CC(CC(C3)C1)C2. The van der Waals surface area contributed by atoms with Crippen molar-refractivity contribution in [3.05, 3.63) is 18.3 Å². The van der Waals surface area contributed by atoms with Gasteiger partial charge in [-0.15, -0.1) is 0 Å². The quantitative estimate of drug-likeness (QED) is 0.878. The first-order chi connectivity index (χ1) is 9.72. The number of nitrogens with zero attached hydrogens (tertiary/aromatic N) is 1. The molecule has 0 unspecified atom stereocenters. The van der Waals surface area contributed by atoms with Crippen LogP contribution in [0.25, 0.3) is 0 Å². The lowest BCUT2D eigenvalue weighted by molar-refractivity contribution is -0.0552. The molecule has 3 nitrogen and oxygen atoms in total. The number of nitrogens with one attached hydrogen (secondary N) is 1. The molecule has 20 heavy (non-hydrogen) atoms. The predicted octanol–water partition coefficient (Wildman–Crippen LogP) is 3.68. The Morgan fingerprint density at radius 1 is 1.15 bits per heavy atom. The molecule has 0 aliphatic heterocycles. The Labute approximate surface area is 121 Å². The Morgan fingerprint density at radius 3 is 2.40 bits per heavy atom. The van der Waals surface area contributed by atoms with Crippen molar-refractivity contribution in [3.63, 3.8) is 0 Å². The molecule has 4 saturated carbocycles. The highest BCUT2D eigenvalue weighted by molar-refractivity contribution is 5.60. The van der Waals surface area contributed by atoms with Crippen LogP contribution in [0.3, 0.4) is 0 Å². The maximum atomic E-state index is 5.94. The van der Waals surface area contributed by atoms with Gasteiger partial charge in [-0.05, 0) is 80.2 Å². The second kappa shape index (κ2) is 4.64. The van der Waals surface area contributed by atoms with Crippen molar-refractivity contribution in [2.24, 2.45) is 23.2 Å². The Kier molecular flexibility index (Phi) is 2.90. The van der Waals surface area contributed by atoms with Gasteiger partial charge in [0, 0.05) is 12.7 Å². The first-order valence-corrected chi connectivity index (χ1v) is 8.17. The predicted molar refractivity (Wildman–Crippen MR) is 82.4 cm³/mol. The molecule has 108 valence electrons. The van der Waals surface area contributed by atoms with Crippen LogP contribution < -0.4 is 11.1 Å². The van der Waals surface area contributed by atoms with Crippen molar-refractivity contribution >= 4 is 11.5 Å². The van der Waals surface area contributed by atoms with E-state index < -0.39 is 0 Å². The number of aromatic nitrogens is 1. The van der Waals surface area contributed by atoms with Crippen molar-refractivity contribution < 1.29 is 0 Å². The van der Waals surface area contributed by atoms with Gasteiger partial charge in [0.05, 0.1) is 5.69 Å². The fraction of sp³-hybridized carbons (Fsp3) is 0.706. The summed E-state index contributed by atoms with van der Waals surface area (Å²) in [5.74, 6) is 3.99. The zero-order chi connectivity index (χ0) is 13.6. The largest absolute Gasteiger partial charge is 0.396 e. The van der Waals surface area contributed by atoms with Gasteiger partial charge in [0.15, 0.2) is 0 Å². The lowest BCUT2D eigenvalue weighted by Crippen LogP contribution is -2.46. The van der Waals surface area contributed by atoms with Gasteiger partial charge in [-0.1, -0.05) is 0 Å². The van der Waals surface area contributed by atoms with Crippen LogP contribution in [0.15, 0.2) is 18.3 Å². The van der Waals surface area contributed by atoms with Gasteiger partial charge in [-0.25, -0.2) is 4.98 Å². The zero-order valence-corrected chi connectivity index (χ0v) is 12.1. The topological polar surface area (TPSA) is 50.9 Å². The van der Waals surface area contributed by atoms with Crippen LogP contribution in [0.4, 0.5) is 11.5 Å².